The van der Waals surface area contributed by atoms with Crippen LogP contribution in [0.25, 0.3) is 0 Å². The van der Waals surface area contributed by atoms with E-state index >= 15 is 0 Å². The summed E-state index contributed by atoms with van der Waals surface area (Å²) in [6.45, 7) is 2.88. The predicted molar refractivity (Wildman–Crippen MR) is 80.5 cm³/mol. The number of ether oxygens (including phenoxy) is 1. The Kier molecular flexibility index (Phi) is 6.68. The fourth-order valence-corrected chi connectivity index (χ4v) is 1.69. The molecule has 3 N–H and O–H groups in total. The van der Waals surface area contributed by atoms with Crippen molar-refractivity contribution in [2.75, 3.05) is 25.1 Å². The van der Waals surface area contributed by atoms with Crippen LogP contribution in [0.4, 0.5) is 23.7 Å². The first-order chi connectivity index (χ1) is 10.6. The van der Waals surface area contributed by atoms with Crippen LogP contribution in [-0.2, 0) is 0 Å². The Hall–Kier alpha value is -1.96. The van der Waals surface area contributed by atoms with E-state index in [4.69, 9.17) is 5.11 Å². The molecule has 1 aromatic carbocycles. The molecule has 0 saturated heterocycles. The Morgan fingerprint density at radius 1 is 1.22 bits per heavy atom. The summed E-state index contributed by atoms with van der Waals surface area (Å²) in [6, 6.07) is 5.16. The maximum atomic E-state index is 12.0. The lowest BCUT2D eigenvalue weighted by atomic mass is 9.90. The number of amides is 2. The van der Waals surface area contributed by atoms with E-state index < -0.39 is 18.8 Å². The molecule has 1 rings (SSSR count). The SMILES string of the molecule is CC(C)(CCO)CNC(=O)Nc1ccc(OCC(F)(F)F)cc1. The molecule has 130 valence electrons. The number of hydrogen-bond donors (Lipinski definition) is 3. The van der Waals surface area contributed by atoms with Crippen molar-refractivity contribution in [3.05, 3.63) is 24.3 Å². The molecular weight excluding hydrogens is 313 g/mol. The second-order valence-electron chi connectivity index (χ2n) is 5.87. The number of urea groups is 1. The summed E-state index contributed by atoms with van der Waals surface area (Å²) < 4.78 is 40.6. The molecule has 0 aromatic heterocycles. The summed E-state index contributed by atoms with van der Waals surface area (Å²) in [4.78, 5) is 11.7. The van der Waals surface area contributed by atoms with E-state index in [9.17, 15) is 18.0 Å². The smallest absolute Gasteiger partial charge is 0.422 e. The highest BCUT2D eigenvalue weighted by Crippen LogP contribution is 2.20. The Labute approximate surface area is 132 Å². The van der Waals surface area contributed by atoms with Crippen molar-refractivity contribution < 1.29 is 27.8 Å². The van der Waals surface area contributed by atoms with Gasteiger partial charge in [-0.3, -0.25) is 0 Å². The molecular formula is C15H21F3N2O3. The number of aliphatic hydroxyl groups excluding tert-OH is 1. The lowest BCUT2D eigenvalue weighted by Gasteiger charge is -2.23. The summed E-state index contributed by atoms with van der Waals surface area (Å²) >= 11 is 0. The van der Waals surface area contributed by atoms with Gasteiger partial charge >= 0.3 is 12.2 Å². The van der Waals surface area contributed by atoms with Crippen molar-refractivity contribution in [3.63, 3.8) is 0 Å². The van der Waals surface area contributed by atoms with Crippen LogP contribution in [0.5, 0.6) is 5.75 Å². The number of aliphatic hydroxyl groups is 1. The second kappa shape index (κ2) is 8.05. The van der Waals surface area contributed by atoms with Crippen LogP contribution in [0.15, 0.2) is 24.3 Å². The molecule has 23 heavy (non-hydrogen) atoms. The number of anilines is 1. The molecule has 8 heteroatoms. The molecule has 1 aromatic rings. The van der Waals surface area contributed by atoms with E-state index in [1.165, 1.54) is 24.3 Å². The van der Waals surface area contributed by atoms with Gasteiger partial charge in [-0.2, -0.15) is 13.2 Å². The van der Waals surface area contributed by atoms with Gasteiger partial charge in [-0.15, -0.1) is 0 Å². The molecule has 5 nitrogen and oxygen atoms in total. The van der Waals surface area contributed by atoms with Crippen LogP contribution in [0.2, 0.25) is 0 Å². The standard InChI is InChI=1S/C15H21F3N2O3/c1-14(2,7-8-21)9-19-13(22)20-11-3-5-12(6-4-11)23-10-15(16,17)18/h3-6,21H,7-10H2,1-2H3,(H2,19,20,22). The minimum atomic E-state index is -4.39. The highest BCUT2D eigenvalue weighted by atomic mass is 19.4. The van der Waals surface area contributed by atoms with Crippen molar-refractivity contribution in [3.8, 4) is 5.75 Å². The fraction of sp³-hybridized carbons (Fsp3) is 0.533. The van der Waals surface area contributed by atoms with Gasteiger partial charge in [0, 0.05) is 18.8 Å². The summed E-state index contributed by atoms with van der Waals surface area (Å²) in [5, 5.41) is 14.2. The number of alkyl halides is 3. The van der Waals surface area contributed by atoms with Gasteiger partial charge in [0.15, 0.2) is 6.61 Å². The van der Waals surface area contributed by atoms with E-state index in [1.807, 2.05) is 13.8 Å². The van der Waals surface area contributed by atoms with Crippen molar-refractivity contribution in [2.45, 2.75) is 26.4 Å². The summed E-state index contributed by atoms with van der Waals surface area (Å²) in [7, 11) is 0. The molecule has 0 radical (unpaired) electrons. The highest BCUT2D eigenvalue weighted by Gasteiger charge is 2.28. The Morgan fingerprint density at radius 3 is 2.35 bits per heavy atom. The fourth-order valence-electron chi connectivity index (χ4n) is 1.69. The Morgan fingerprint density at radius 2 is 1.83 bits per heavy atom. The zero-order valence-corrected chi connectivity index (χ0v) is 13.0. The molecule has 0 heterocycles. The second-order valence-corrected chi connectivity index (χ2v) is 5.87. The van der Waals surface area contributed by atoms with Gasteiger partial charge in [0.2, 0.25) is 0 Å². The first-order valence-corrected chi connectivity index (χ1v) is 7.07. The third kappa shape index (κ3) is 8.29. The van der Waals surface area contributed by atoms with Crippen LogP contribution >= 0.6 is 0 Å². The Balaban J connectivity index is 2.44. The molecule has 2 amide bonds. The average Bonchev–Trinajstić information content (AvgIpc) is 2.44. The normalized spacial score (nSPS) is 11.9. The van der Waals surface area contributed by atoms with Crippen LogP contribution in [0.1, 0.15) is 20.3 Å². The molecule has 0 atom stereocenters. The maximum absolute atomic E-state index is 12.0. The number of hydrogen-bond acceptors (Lipinski definition) is 3. The van der Waals surface area contributed by atoms with Crippen molar-refractivity contribution in [2.24, 2.45) is 5.41 Å². The van der Waals surface area contributed by atoms with Gasteiger partial charge in [0.1, 0.15) is 5.75 Å². The van der Waals surface area contributed by atoms with Crippen LogP contribution in [-0.4, -0.2) is 37.1 Å². The quantitative estimate of drug-likeness (QED) is 0.717. The molecule has 0 bridgehead atoms. The van der Waals surface area contributed by atoms with Crippen molar-refractivity contribution in [1.82, 2.24) is 5.32 Å². The lowest BCUT2D eigenvalue weighted by Crippen LogP contribution is -2.37. The molecule has 0 aliphatic rings. The monoisotopic (exact) mass is 334 g/mol. The first kappa shape index (κ1) is 19.1. The number of carbonyl (C=O) groups excluding carboxylic acids is 1. The van der Waals surface area contributed by atoms with E-state index in [1.54, 1.807) is 0 Å². The molecule has 0 fully saturated rings. The Bertz CT molecular complexity index is 502. The van der Waals surface area contributed by atoms with Gasteiger partial charge in [0.05, 0.1) is 0 Å². The summed E-state index contributed by atoms with van der Waals surface area (Å²) in [6.07, 6.45) is -3.84. The zero-order valence-electron chi connectivity index (χ0n) is 13.0. The molecule has 0 saturated carbocycles. The van der Waals surface area contributed by atoms with E-state index in [0.717, 1.165) is 0 Å². The van der Waals surface area contributed by atoms with Gasteiger partial charge in [0.25, 0.3) is 0 Å². The number of benzene rings is 1. The molecule has 0 unspecified atom stereocenters. The number of rotatable bonds is 7. The number of halogens is 3. The summed E-state index contributed by atoms with van der Waals surface area (Å²) in [5.74, 6) is 0.0670. The van der Waals surface area contributed by atoms with Crippen LogP contribution in [0.3, 0.4) is 0 Å². The van der Waals surface area contributed by atoms with Crippen molar-refractivity contribution in [1.29, 1.82) is 0 Å². The molecule has 0 aliphatic heterocycles. The van der Waals surface area contributed by atoms with E-state index in [0.29, 0.717) is 18.7 Å². The average molecular weight is 334 g/mol. The number of carbonyl (C=O) groups is 1. The number of nitrogens with one attached hydrogen (secondary N) is 2. The largest absolute Gasteiger partial charge is 0.484 e. The summed E-state index contributed by atoms with van der Waals surface area (Å²) in [5.41, 5.74) is 0.198. The minimum absolute atomic E-state index is 0.0374. The van der Waals surface area contributed by atoms with Gasteiger partial charge in [-0.25, -0.2) is 4.79 Å². The predicted octanol–water partition coefficient (Wildman–Crippen LogP) is 3.16. The maximum Gasteiger partial charge on any atom is 0.422 e. The van der Waals surface area contributed by atoms with E-state index in [-0.39, 0.29) is 17.8 Å². The minimum Gasteiger partial charge on any atom is -0.484 e. The van der Waals surface area contributed by atoms with Crippen LogP contribution in [0, 0.1) is 5.41 Å². The third-order valence-corrected chi connectivity index (χ3v) is 3.03. The van der Waals surface area contributed by atoms with Crippen molar-refractivity contribution >= 4 is 11.7 Å². The first-order valence-electron chi connectivity index (χ1n) is 7.07. The highest BCUT2D eigenvalue weighted by molar-refractivity contribution is 5.89. The topological polar surface area (TPSA) is 70.6 Å². The molecule has 0 aliphatic carbocycles. The molecule has 0 spiro atoms. The van der Waals surface area contributed by atoms with Crippen LogP contribution < -0.4 is 15.4 Å². The zero-order chi connectivity index (χ0) is 17.5. The van der Waals surface area contributed by atoms with Gasteiger partial charge < -0.3 is 20.5 Å². The van der Waals surface area contributed by atoms with E-state index in [2.05, 4.69) is 15.4 Å². The lowest BCUT2D eigenvalue weighted by molar-refractivity contribution is -0.153. The third-order valence-electron chi connectivity index (χ3n) is 3.03. The van der Waals surface area contributed by atoms with Gasteiger partial charge in [-0.1, -0.05) is 13.8 Å². The van der Waals surface area contributed by atoms with Gasteiger partial charge in [-0.05, 0) is 36.1 Å².